The molecule has 0 spiro atoms. The lowest BCUT2D eigenvalue weighted by Crippen LogP contribution is -2.10. The molecule has 0 unspecified atom stereocenters. The van der Waals surface area contributed by atoms with Crippen molar-refractivity contribution in [3.63, 3.8) is 0 Å². The van der Waals surface area contributed by atoms with Crippen molar-refractivity contribution in [1.29, 1.82) is 0 Å². The topological polar surface area (TPSA) is 91.7 Å². The molecule has 0 radical (unpaired) electrons. The van der Waals surface area contributed by atoms with Gasteiger partial charge in [-0.25, -0.2) is 9.78 Å². The number of ether oxygens (including phenoxy) is 1. The summed E-state index contributed by atoms with van der Waals surface area (Å²) in [6.07, 6.45) is 2.45. The summed E-state index contributed by atoms with van der Waals surface area (Å²) in [6, 6.07) is 3.15. The predicted octanol–water partition coefficient (Wildman–Crippen LogP) is 1.54. The maximum Gasteiger partial charge on any atom is 0.335 e. The van der Waals surface area contributed by atoms with Gasteiger partial charge in [-0.05, 0) is 25.0 Å². The Morgan fingerprint density at radius 1 is 1.40 bits per heavy atom. The maximum atomic E-state index is 11.1. The van der Waals surface area contributed by atoms with E-state index in [2.05, 4.69) is 10.3 Å². The lowest BCUT2D eigenvalue weighted by molar-refractivity contribution is 0.0696. The minimum atomic E-state index is -0.945. The van der Waals surface area contributed by atoms with Crippen molar-refractivity contribution >= 4 is 11.8 Å². The summed E-state index contributed by atoms with van der Waals surface area (Å²) in [4.78, 5) is 15.4. The Labute approximate surface area is 118 Å². The maximum absolute atomic E-state index is 11.1. The van der Waals surface area contributed by atoms with Crippen molar-refractivity contribution in [3.05, 3.63) is 23.4 Å². The number of aromatic nitrogens is 1. The van der Waals surface area contributed by atoms with Crippen LogP contribution in [0.5, 0.6) is 0 Å². The molecule has 1 heterocycles. The molecular weight excluding hydrogens is 260 g/mol. The summed E-state index contributed by atoms with van der Waals surface area (Å²) in [5, 5.41) is 20.7. The molecule has 3 N–H and O–H groups in total. The molecule has 0 aromatic carbocycles. The molecule has 0 aliphatic carbocycles. The fraction of sp³-hybridized carbons (Fsp3) is 0.571. The van der Waals surface area contributed by atoms with Crippen LogP contribution >= 0.6 is 0 Å². The smallest absolute Gasteiger partial charge is 0.335 e. The molecule has 0 saturated heterocycles. The molecule has 0 aliphatic heterocycles. The van der Waals surface area contributed by atoms with Crippen molar-refractivity contribution in [1.82, 2.24) is 4.98 Å². The van der Waals surface area contributed by atoms with E-state index in [1.54, 1.807) is 6.07 Å². The van der Waals surface area contributed by atoms with Gasteiger partial charge in [-0.15, -0.1) is 0 Å². The Kier molecular flexibility index (Phi) is 7.60. The molecule has 6 nitrogen and oxygen atoms in total. The molecule has 1 aromatic rings. The largest absolute Gasteiger partial charge is 0.478 e. The average molecular weight is 282 g/mol. The van der Waals surface area contributed by atoms with Gasteiger partial charge in [-0.3, -0.25) is 0 Å². The van der Waals surface area contributed by atoms with Gasteiger partial charge in [0.05, 0.1) is 18.8 Å². The van der Waals surface area contributed by atoms with E-state index in [4.69, 9.17) is 14.9 Å². The molecule has 0 amide bonds. The molecule has 0 atom stereocenters. The fourth-order valence-corrected chi connectivity index (χ4v) is 1.74. The van der Waals surface area contributed by atoms with E-state index in [1.165, 1.54) is 6.07 Å². The van der Waals surface area contributed by atoms with Crippen molar-refractivity contribution in [2.75, 3.05) is 31.7 Å². The number of hydrogen-bond acceptors (Lipinski definition) is 5. The first-order valence-electron chi connectivity index (χ1n) is 6.84. The number of aromatic carboxylic acids is 1. The Morgan fingerprint density at radius 3 is 2.85 bits per heavy atom. The number of aliphatic hydroxyl groups is 1. The van der Waals surface area contributed by atoms with E-state index in [-0.39, 0.29) is 12.2 Å². The Balaban J connectivity index is 2.53. The number of anilines is 1. The summed E-state index contributed by atoms with van der Waals surface area (Å²) in [6.45, 7) is 3.59. The van der Waals surface area contributed by atoms with E-state index >= 15 is 0 Å². The quantitative estimate of drug-likeness (QED) is 0.564. The highest BCUT2D eigenvalue weighted by molar-refractivity contribution is 5.88. The number of carboxylic acids is 1. The van der Waals surface area contributed by atoms with Crippen LogP contribution in [0.4, 0.5) is 5.82 Å². The zero-order chi connectivity index (χ0) is 14.8. The van der Waals surface area contributed by atoms with Crippen molar-refractivity contribution < 1.29 is 19.7 Å². The second kappa shape index (κ2) is 9.28. The lowest BCUT2D eigenvalue weighted by Gasteiger charge is -2.09. The number of hydrogen-bond donors (Lipinski definition) is 3. The number of nitrogens with one attached hydrogen (secondary N) is 1. The summed E-state index contributed by atoms with van der Waals surface area (Å²) in [7, 11) is 0. The summed E-state index contributed by atoms with van der Waals surface area (Å²) in [5.74, 6) is -0.366. The first kappa shape index (κ1) is 16.4. The third kappa shape index (κ3) is 5.99. The standard InChI is InChI=1S/C14H22N2O4/c1-2-4-12-9-11(14(18)19)10-13(16-12)15-5-3-7-20-8-6-17/h9-10,17H,2-8H2,1H3,(H,15,16)(H,18,19). The first-order valence-corrected chi connectivity index (χ1v) is 6.84. The number of carbonyl (C=O) groups is 1. The van der Waals surface area contributed by atoms with Crippen molar-refractivity contribution in [3.8, 4) is 0 Å². The number of pyridine rings is 1. The molecule has 1 rings (SSSR count). The van der Waals surface area contributed by atoms with E-state index in [1.807, 2.05) is 6.92 Å². The van der Waals surface area contributed by atoms with Gasteiger partial charge < -0.3 is 20.3 Å². The highest BCUT2D eigenvalue weighted by Gasteiger charge is 2.08. The lowest BCUT2D eigenvalue weighted by atomic mass is 10.1. The van der Waals surface area contributed by atoms with E-state index in [9.17, 15) is 4.79 Å². The number of nitrogens with zero attached hydrogens (tertiary/aromatic N) is 1. The van der Waals surface area contributed by atoms with Crippen LogP contribution in [-0.2, 0) is 11.2 Å². The highest BCUT2D eigenvalue weighted by atomic mass is 16.5. The van der Waals surface area contributed by atoms with Crippen molar-refractivity contribution in [2.45, 2.75) is 26.2 Å². The Morgan fingerprint density at radius 2 is 2.20 bits per heavy atom. The van der Waals surface area contributed by atoms with Crippen LogP contribution in [0.25, 0.3) is 0 Å². The first-order chi connectivity index (χ1) is 9.67. The number of rotatable bonds is 10. The van der Waals surface area contributed by atoms with Gasteiger partial charge in [-0.2, -0.15) is 0 Å². The minimum absolute atomic E-state index is 0.0238. The van der Waals surface area contributed by atoms with Crippen LogP contribution in [0.1, 0.15) is 35.8 Å². The summed E-state index contributed by atoms with van der Waals surface area (Å²) >= 11 is 0. The fourth-order valence-electron chi connectivity index (χ4n) is 1.74. The monoisotopic (exact) mass is 282 g/mol. The van der Waals surface area contributed by atoms with E-state index in [0.717, 1.165) is 25.0 Å². The average Bonchev–Trinajstić information content (AvgIpc) is 2.43. The molecule has 20 heavy (non-hydrogen) atoms. The number of carboxylic acid groups (broad SMARTS) is 1. The molecule has 112 valence electrons. The van der Waals surface area contributed by atoms with Crippen LogP contribution < -0.4 is 5.32 Å². The third-order valence-electron chi connectivity index (χ3n) is 2.64. The number of aliphatic hydroxyl groups excluding tert-OH is 1. The van der Waals surface area contributed by atoms with Gasteiger partial charge in [0.15, 0.2) is 0 Å². The van der Waals surface area contributed by atoms with Gasteiger partial charge in [0.25, 0.3) is 0 Å². The van der Waals surface area contributed by atoms with Crippen molar-refractivity contribution in [2.24, 2.45) is 0 Å². The van der Waals surface area contributed by atoms with E-state index in [0.29, 0.717) is 25.6 Å². The normalized spacial score (nSPS) is 10.5. The Bertz CT molecular complexity index is 424. The SMILES string of the molecule is CCCc1cc(C(=O)O)cc(NCCCOCCO)n1. The molecule has 1 aromatic heterocycles. The van der Waals surface area contributed by atoms with Crippen LogP contribution in [0.3, 0.4) is 0 Å². The van der Waals surface area contributed by atoms with Crippen LogP contribution in [0.2, 0.25) is 0 Å². The zero-order valence-corrected chi connectivity index (χ0v) is 11.8. The van der Waals surface area contributed by atoms with Crippen LogP contribution in [0.15, 0.2) is 12.1 Å². The molecular formula is C14H22N2O4. The third-order valence-corrected chi connectivity index (χ3v) is 2.64. The highest BCUT2D eigenvalue weighted by Crippen LogP contribution is 2.12. The van der Waals surface area contributed by atoms with Gasteiger partial charge in [0, 0.05) is 18.8 Å². The van der Waals surface area contributed by atoms with Crippen LogP contribution in [-0.4, -0.2) is 47.5 Å². The molecule has 0 aliphatic rings. The van der Waals surface area contributed by atoms with Gasteiger partial charge in [-0.1, -0.05) is 13.3 Å². The Hall–Kier alpha value is -1.66. The van der Waals surface area contributed by atoms with E-state index < -0.39 is 5.97 Å². The molecule has 0 saturated carbocycles. The van der Waals surface area contributed by atoms with Gasteiger partial charge in [0.1, 0.15) is 5.82 Å². The number of aryl methyl sites for hydroxylation is 1. The van der Waals surface area contributed by atoms with Crippen LogP contribution in [0, 0.1) is 0 Å². The minimum Gasteiger partial charge on any atom is -0.478 e. The molecule has 0 fully saturated rings. The summed E-state index contributed by atoms with van der Waals surface area (Å²) < 4.78 is 5.14. The van der Waals surface area contributed by atoms with Gasteiger partial charge >= 0.3 is 5.97 Å². The second-order valence-corrected chi connectivity index (χ2v) is 4.40. The second-order valence-electron chi connectivity index (χ2n) is 4.40. The zero-order valence-electron chi connectivity index (χ0n) is 11.8. The predicted molar refractivity (Wildman–Crippen MR) is 76.2 cm³/mol. The van der Waals surface area contributed by atoms with Gasteiger partial charge in [0.2, 0.25) is 0 Å². The molecule has 6 heteroatoms. The molecule has 0 bridgehead atoms. The summed E-state index contributed by atoms with van der Waals surface area (Å²) in [5.41, 5.74) is 1.04.